The summed E-state index contributed by atoms with van der Waals surface area (Å²) in [6.45, 7) is 19.2. The van der Waals surface area contributed by atoms with Gasteiger partial charge in [-0.25, -0.2) is 0 Å². The average molecular weight is 281 g/mol. The highest BCUT2D eigenvalue weighted by Crippen LogP contribution is 2.44. The van der Waals surface area contributed by atoms with Crippen LogP contribution in [0.4, 0.5) is 0 Å². The van der Waals surface area contributed by atoms with Gasteiger partial charge in [0.15, 0.2) is 0 Å². The van der Waals surface area contributed by atoms with E-state index in [4.69, 9.17) is 0 Å². The van der Waals surface area contributed by atoms with E-state index < -0.39 is 0 Å². The summed E-state index contributed by atoms with van der Waals surface area (Å²) in [5.74, 6) is 2.34. The van der Waals surface area contributed by atoms with Gasteiger partial charge in [0.05, 0.1) is 0 Å². The molecule has 0 radical (unpaired) electrons. The highest BCUT2D eigenvalue weighted by molar-refractivity contribution is 5.02. The van der Waals surface area contributed by atoms with Crippen LogP contribution in [-0.4, -0.2) is 0 Å². The quantitative estimate of drug-likeness (QED) is 0.370. The molecule has 0 fully saturated rings. The maximum absolute atomic E-state index is 2.54. The summed E-state index contributed by atoms with van der Waals surface area (Å²) in [5.41, 5.74) is 2.15. The molecular weight excluding hydrogens is 240 g/mol. The van der Waals surface area contributed by atoms with Gasteiger partial charge < -0.3 is 0 Å². The molecule has 0 amide bonds. The Morgan fingerprint density at radius 3 is 2.00 bits per heavy atom. The molecule has 0 heteroatoms. The Morgan fingerprint density at radius 1 is 1.00 bits per heavy atom. The van der Waals surface area contributed by atoms with Gasteiger partial charge in [-0.1, -0.05) is 79.9 Å². The van der Waals surface area contributed by atoms with Crippen LogP contribution in [0, 0.1) is 23.2 Å². The largest absolute Gasteiger partial charge is 0.0851 e. The summed E-state index contributed by atoms with van der Waals surface area (Å²) in [7, 11) is 0. The van der Waals surface area contributed by atoms with Crippen molar-refractivity contribution in [3.05, 3.63) is 11.6 Å². The van der Waals surface area contributed by atoms with Crippen LogP contribution in [0.5, 0.6) is 0 Å². The van der Waals surface area contributed by atoms with E-state index in [1.54, 1.807) is 5.57 Å². The summed E-state index contributed by atoms with van der Waals surface area (Å²) < 4.78 is 0. The molecule has 0 bridgehead atoms. The molecule has 0 N–H and O–H groups in total. The Hall–Kier alpha value is -0.260. The molecule has 0 aliphatic rings. The molecule has 0 spiro atoms. The highest BCUT2D eigenvalue weighted by Gasteiger charge is 2.35. The van der Waals surface area contributed by atoms with Gasteiger partial charge in [0.25, 0.3) is 0 Å². The zero-order chi connectivity index (χ0) is 15.8. The molecule has 0 aromatic carbocycles. The van der Waals surface area contributed by atoms with Gasteiger partial charge >= 0.3 is 0 Å². The van der Waals surface area contributed by atoms with Crippen molar-refractivity contribution >= 4 is 0 Å². The zero-order valence-electron chi connectivity index (χ0n) is 15.6. The Balaban J connectivity index is 4.77. The van der Waals surface area contributed by atoms with Crippen molar-refractivity contribution < 1.29 is 0 Å². The van der Waals surface area contributed by atoms with Gasteiger partial charge in [-0.15, -0.1) is 0 Å². The number of allylic oxidation sites excluding steroid dienone is 2. The normalized spacial score (nSPS) is 18.9. The number of rotatable bonds is 10. The molecule has 0 nitrogen and oxygen atoms in total. The Kier molecular flexibility index (Phi) is 9.51. The first-order chi connectivity index (χ1) is 9.33. The van der Waals surface area contributed by atoms with Crippen LogP contribution >= 0.6 is 0 Å². The molecule has 0 heterocycles. The molecule has 0 saturated heterocycles. The van der Waals surface area contributed by atoms with Gasteiger partial charge in [-0.3, -0.25) is 0 Å². The van der Waals surface area contributed by atoms with E-state index >= 15 is 0 Å². The van der Waals surface area contributed by atoms with E-state index in [1.165, 1.54) is 38.5 Å². The molecule has 3 atom stereocenters. The van der Waals surface area contributed by atoms with Gasteiger partial charge in [-0.05, 0) is 48.9 Å². The SMILES string of the molecule is CCCC(=CCC(C)C(C)C(C)(CCC)C(C)C)CC. The van der Waals surface area contributed by atoms with Gasteiger partial charge in [0, 0.05) is 0 Å². The van der Waals surface area contributed by atoms with Crippen molar-refractivity contribution in [1.82, 2.24) is 0 Å². The predicted octanol–water partition coefficient (Wildman–Crippen LogP) is 7.25. The van der Waals surface area contributed by atoms with E-state index in [0.29, 0.717) is 5.41 Å². The van der Waals surface area contributed by atoms with Crippen LogP contribution in [0.1, 0.15) is 93.9 Å². The topological polar surface area (TPSA) is 0 Å². The lowest BCUT2D eigenvalue weighted by atomic mass is 9.63. The summed E-state index contributed by atoms with van der Waals surface area (Å²) in [4.78, 5) is 0. The van der Waals surface area contributed by atoms with E-state index in [0.717, 1.165) is 17.8 Å². The van der Waals surface area contributed by atoms with Gasteiger partial charge in [-0.2, -0.15) is 0 Å². The monoisotopic (exact) mass is 280 g/mol. The first-order valence-corrected chi connectivity index (χ1v) is 9.01. The summed E-state index contributed by atoms with van der Waals surface area (Å²) in [5, 5.41) is 0. The standard InChI is InChI=1S/C20H40/c1-9-12-19(11-3)14-13-17(6)18(7)20(8,15-10-2)16(4)5/h14,16-18H,9-13,15H2,1-8H3. The average Bonchev–Trinajstić information content (AvgIpc) is 2.42. The van der Waals surface area contributed by atoms with Gasteiger partial charge in [0.1, 0.15) is 0 Å². The molecular formula is C20H40. The minimum atomic E-state index is 0.485. The first-order valence-electron chi connectivity index (χ1n) is 9.01. The second-order valence-corrected chi connectivity index (χ2v) is 7.38. The van der Waals surface area contributed by atoms with Crippen molar-refractivity contribution in [2.45, 2.75) is 93.9 Å². The maximum Gasteiger partial charge on any atom is -0.0275 e. The van der Waals surface area contributed by atoms with Crippen molar-refractivity contribution in [3.8, 4) is 0 Å². The maximum atomic E-state index is 2.54. The fraction of sp³-hybridized carbons (Fsp3) is 0.900. The fourth-order valence-corrected chi connectivity index (χ4v) is 3.53. The molecule has 0 saturated carbocycles. The smallest absolute Gasteiger partial charge is 0.0275 e. The van der Waals surface area contributed by atoms with Crippen LogP contribution in [-0.2, 0) is 0 Å². The van der Waals surface area contributed by atoms with E-state index in [-0.39, 0.29) is 0 Å². The second kappa shape index (κ2) is 9.64. The zero-order valence-corrected chi connectivity index (χ0v) is 15.6. The molecule has 0 aromatic rings. The van der Waals surface area contributed by atoms with Crippen molar-refractivity contribution in [2.75, 3.05) is 0 Å². The van der Waals surface area contributed by atoms with Crippen LogP contribution < -0.4 is 0 Å². The van der Waals surface area contributed by atoms with Crippen molar-refractivity contribution in [1.29, 1.82) is 0 Å². The lowest BCUT2D eigenvalue weighted by Gasteiger charge is -2.42. The number of hydrogen-bond acceptors (Lipinski definition) is 0. The summed E-state index contributed by atoms with van der Waals surface area (Å²) in [6, 6.07) is 0. The second-order valence-electron chi connectivity index (χ2n) is 7.38. The predicted molar refractivity (Wildman–Crippen MR) is 94.1 cm³/mol. The van der Waals surface area contributed by atoms with Crippen molar-refractivity contribution in [2.24, 2.45) is 23.2 Å². The third-order valence-corrected chi connectivity index (χ3v) is 5.80. The molecule has 0 aliphatic carbocycles. The lowest BCUT2D eigenvalue weighted by molar-refractivity contribution is 0.0726. The molecule has 0 aromatic heterocycles. The van der Waals surface area contributed by atoms with Crippen LogP contribution in [0.3, 0.4) is 0 Å². The third-order valence-electron chi connectivity index (χ3n) is 5.80. The van der Waals surface area contributed by atoms with Crippen LogP contribution in [0.25, 0.3) is 0 Å². The molecule has 20 heavy (non-hydrogen) atoms. The molecule has 3 unspecified atom stereocenters. The van der Waals surface area contributed by atoms with Crippen LogP contribution in [0.2, 0.25) is 0 Å². The minimum Gasteiger partial charge on any atom is -0.0851 e. The first kappa shape index (κ1) is 19.7. The Bertz CT molecular complexity index is 274. The third kappa shape index (κ3) is 5.62. The number of hydrogen-bond donors (Lipinski definition) is 0. The van der Waals surface area contributed by atoms with E-state index in [9.17, 15) is 0 Å². The summed E-state index contributed by atoms with van der Waals surface area (Å²) >= 11 is 0. The molecule has 120 valence electrons. The molecule has 0 aliphatic heterocycles. The van der Waals surface area contributed by atoms with Gasteiger partial charge in [0.2, 0.25) is 0 Å². The van der Waals surface area contributed by atoms with E-state index in [1.807, 2.05) is 0 Å². The summed E-state index contributed by atoms with van der Waals surface area (Å²) in [6.07, 6.45) is 10.3. The van der Waals surface area contributed by atoms with Crippen LogP contribution in [0.15, 0.2) is 11.6 Å². The Morgan fingerprint density at radius 2 is 1.60 bits per heavy atom. The van der Waals surface area contributed by atoms with E-state index in [2.05, 4.69) is 61.5 Å². The fourth-order valence-electron chi connectivity index (χ4n) is 3.53. The highest BCUT2D eigenvalue weighted by atomic mass is 14.4. The lowest BCUT2D eigenvalue weighted by Crippen LogP contribution is -2.34. The Labute approximate surface area is 129 Å². The molecule has 0 rings (SSSR count). The van der Waals surface area contributed by atoms with Crippen molar-refractivity contribution in [3.63, 3.8) is 0 Å². The minimum absolute atomic E-state index is 0.485.